The van der Waals surface area contributed by atoms with Crippen LogP contribution in [0, 0.1) is 17.5 Å². The fourth-order valence-corrected chi connectivity index (χ4v) is 2.50. The summed E-state index contributed by atoms with van der Waals surface area (Å²) in [7, 11) is 0. The van der Waals surface area contributed by atoms with Gasteiger partial charge >= 0.3 is 5.97 Å². The first kappa shape index (κ1) is 15.3. The minimum atomic E-state index is -1.33. The standard InChI is InChI=1S/C14H14F3NO3/c15-8-6-9(16)12(10(17)7-8)13(19)18-5-3-1-2-4-11(18)14(20)21/h6-7,11H,1-5H2,(H,20,21). The van der Waals surface area contributed by atoms with Crippen molar-refractivity contribution in [1.29, 1.82) is 0 Å². The number of hydrogen-bond acceptors (Lipinski definition) is 2. The third-order valence-electron chi connectivity index (χ3n) is 3.52. The second kappa shape index (κ2) is 6.15. The van der Waals surface area contributed by atoms with Crippen LogP contribution in [-0.2, 0) is 4.79 Å². The van der Waals surface area contributed by atoms with E-state index in [1.807, 2.05) is 0 Å². The zero-order chi connectivity index (χ0) is 15.6. The highest BCUT2D eigenvalue weighted by atomic mass is 19.1. The van der Waals surface area contributed by atoms with Gasteiger partial charge < -0.3 is 10.0 Å². The molecule has 1 saturated heterocycles. The van der Waals surface area contributed by atoms with Gasteiger partial charge in [-0.25, -0.2) is 18.0 Å². The number of carboxylic acids is 1. The molecule has 0 spiro atoms. The van der Waals surface area contributed by atoms with Crippen LogP contribution in [0.1, 0.15) is 36.0 Å². The topological polar surface area (TPSA) is 57.6 Å². The lowest BCUT2D eigenvalue weighted by atomic mass is 10.1. The lowest BCUT2D eigenvalue weighted by Crippen LogP contribution is -2.45. The van der Waals surface area contributed by atoms with Crippen LogP contribution in [0.2, 0.25) is 0 Å². The van der Waals surface area contributed by atoms with E-state index in [0.29, 0.717) is 25.0 Å². The van der Waals surface area contributed by atoms with Crippen molar-refractivity contribution in [2.75, 3.05) is 6.54 Å². The largest absolute Gasteiger partial charge is 0.480 e. The molecule has 1 N–H and O–H groups in total. The van der Waals surface area contributed by atoms with Crippen LogP contribution in [0.25, 0.3) is 0 Å². The van der Waals surface area contributed by atoms with E-state index in [0.717, 1.165) is 11.3 Å². The number of carbonyl (C=O) groups excluding carboxylic acids is 1. The average Bonchev–Trinajstić information content (AvgIpc) is 2.62. The molecular formula is C14H14F3NO3. The van der Waals surface area contributed by atoms with E-state index in [-0.39, 0.29) is 13.0 Å². The Morgan fingerprint density at radius 3 is 2.29 bits per heavy atom. The highest BCUT2D eigenvalue weighted by Crippen LogP contribution is 2.23. The Morgan fingerprint density at radius 2 is 1.71 bits per heavy atom. The lowest BCUT2D eigenvalue weighted by Gasteiger charge is -2.27. The van der Waals surface area contributed by atoms with Crippen molar-refractivity contribution in [1.82, 2.24) is 4.90 Å². The van der Waals surface area contributed by atoms with Gasteiger partial charge in [0, 0.05) is 18.7 Å². The number of nitrogens with zero attached hydrogens (tertiary/aromatic N) is 1. The van der Waals surface area contributed by atoms with Crippen molar-refractivity contribution >= 4 is 11.9 Å². The van der Waals surface area contributed by atoms with Crippen molar-refractivity contribution in [2.45, 2.75) is 31.7 Å². The van der Waals surface area contributed by atoms with Crippen LogP contribution in [0.5, 0.6) is 0 Å². The molecule has 0 bridgehead atoms. The number of aliphatic carboxylic acids is 1. The first-order valence-electron chi connectivity index (χ1n) is 6.60. The molecule has 1 atom stereocenters. The Bertz CT molecular complexity index is 554. The molecule has 1 amide bonds. The Morgan fingerprint density at radius 1 is 1.10 bits per heavy atom. The second-order valence-electron chi connectivity index (χ2n) is 4.95. The molecule has 1 heterocycles. The van der Waals surface area contributed by atoms with Crippen LogP contribution in [0.3, 0.4) is 0 Å². The number of likely N-dealkylation sites (tertiary alicyclic amines) is 1. The number of benzene rings is 1. The Labute approximate surface area is 119 Å². The quantitative estimate of drug-likeness (QED) is 0.913. The number of rotatable bonds is 2. The first-order chi connectivity index (χ1) is 9.91. The molecule has 1 unspecified atom stereocenters. The highest BCUT2D eigenvalue weighted by Gasteiger charge is 2.34. The van der Waals surface area contributed by atoms with Crippen LogP contribution in [0.15, 0.2) is 12.1 Å². The van der Waals surface area contributed by atoms with Gasteiger partial charge in [-0.05, 0) is 12.8 Å². The van der Waals surface area contributed by atoms with E-state index < -0.39 is 40.9 Å². The number of carboxylic acid groups (broad SMARTS) is 1. The summed E-state index contributed by atoms with van der Waals surface area (Å²) >= 11 is 0. The van der Waals surface area contributed by atoms with E-state index in [1.54, 1.807) is 0 Å². The SMILES string of the molecule is O=C(O)C1CCCCCN1C(=O)c1c(F)cc(F)cc1F. The lowest BCUT2D eigenvalue weighted by molar-refractivity contribution is -0.142. The fourth-order valence-electron chi connectivity index (χ4n) is 2.50. The summed E-state index contributed by atoms with van der Waals surface area (Å²) in [5.74, 6) is -6.06. The Kier molecular flexibility index (Phi) is 4.50. The molecular weight excluding hydrogens is 287 g/mol. The fraction of sp³-hybridized carbons (Fsp3) is 0.429. The zero-order valence-electron chi connectivity index (χ0n) is 11.1. The molecule has 1 aromatic rings. The van der Waals surface area contributed by atoms with E-state index in [4.69, 9.17) is 0 Å². The molecule has 0 radical (unpaired) electrons. The molecule has 4 nitrogen and oxygen atoms in total. The Hall–Kier alpha value is -2.05. The van der Waals surface area contributed by atoms with Gasteiger partial charge in [0.2, 0.25) is 0 Å². The van der Waals surface area contributed by atoms with Gasteiger partial charge in [-0.3, -0.25) is 4.79 Å². The third kappa shape index (κ3) is 3.17. The Balaban J connectivity index is 2.39. The highest BCUT2D eigenvalue weighted by molar-refractivity contribution is 5.97. The summed E-state index contributed by atoms with van der Waals surface area (Å²) in [5.41, 5.74) is -0.912. The number of halogens is 3. The minimum Gasteiger partial charge on any atom is -0.480 e. The van der Waals surface area contributed by atoms with Gasteiger partial charge in [0.15, 0.2) is 0 Å². The van der Waals surface area contributed by atoms with Crippen LogP contribution in [0.4, 0.5) is 13.2 Å². The predicted octanol–water partition coefficient (Wildman–Crippen LogP) is 2.57. The molecule has 0 saturated carbocycles. The van der Waals surface area contributed by atoms with Gasteiger partial charge in [0.25, 0.3) is 5.91 Å². The van der Waals surface area contributed by atoms with E-state index in [1.165, 1.54) is 0 Å². The summed E-state index contributed by atoms with van der Waals surface area (Å²) in [5, 5.41) is 9.17. The maximum Gasteiger partial charge on any atom is 0.326 e. The van der Waals surface area contributed by atoms with Crippen molar-refractivity contribution in [3.63, 3.8) is 0 Å². The summed E-state index contributed by atoms with van der Waals surface area (Å²) in [6, 6.07) is -0.308. The summed E-state index contributed by atoms with van der Waals surface area (Å²) < 4.78 is 40.2. The van der Waals surface area contributed by atoms with Gasteiger partial charge in [-0.15, -0.1) is 0 Å². The van der Waals surface area contributed by atoms with Crippen LogP contribution in [-0.4, -0.2) is 34.5 Å². The van der Waals surface area contributed by atoms with E-state index in [2.05, 4.69) is 0 Å². The third-order valence-corrected chi connectivity index (χ3v) is 3.52. The smallest absolute Gasteiger partial charge is 0.326 e. The summed E-state index contributed by atoms with van der Waals surface area (Å²) in [6.45, 7) is 0.103. The number of amides is 1. The molecule has 1 aliphatic heterocycles. The maximum absolute atomic E-state index is 13.7. The van der Waals surface area contributed by atoms with Crippen molar-refractivity contribution in [3.8, 4) is 0 Å². The molecule has 1 aromatic carbocycles. The molecule has 0 aromatic heterocycles. The number of carbonyl (C=O) groups is 2. The average molecular weight is 301 g/mol. The van der Waals surface area contributed by atoms with Crippen LogP contribution < -0.4 is 0 Å². The normalized spacial score (nSPS) is 19.2. The molecule has 2 rings (SSSR count). The molecule has 7 heteroatoms. The molecule has 21 heavy (non-hydrogen) atoms. The zero-order valence-corrected chi connectivity index (χ0v) is 11.1. The van der Waals surface area contributed by atoms with Crippen molar-refractivity contribution in [3.05, 3.63) is 35.1 Å². The minimum absolute atomic E-state index is 0.103. The first-order valence-corrected chi connectivity index (χ1v) is 6.60. The summed E-state index contributed by atoms with van der Waals surface area (Å²) in [4.78, 5) is 24.5. The maximum atomic E-state index is 13.7. The predicted molar refractivity (Wildman–Crippen MR) is 67.2 cm³/mol. The van der Waals surface area contributed by atoms with E-state index >= 15 is 0 Å². The number of hydrogen-bond donors (Lipinski definition) is 1. The monoisotopic (exact) mass is 301 g/mol. The molecule has 114 valence electrons. The van der Waals surface area contributed by atoms with Crippen LogP contribution >= 0.6 is 0 Å². The van der Waals surface area contributed by atoms with Crippen molar-refractivity contribution in [2.24, 2.45) is 0 Å². The van der Waals surface area contributed by atoms with Crippen molar-refractivity contribution < 1.29 is 27.9 Å². The molecule has 1 fully saturated rings. The molecule has 0 aliphatic carbocycles. The van der Waals surface area contributed by atoms with Gasteiger partial charge in [0.1, 0.15) is 29.1 Å². The van der Waals surface area contributed by atoms with Gasteiger partial charge in [-0.1, -0.05) is 12.8 Å². The van der Waals surface area contributed by atoms with Gasteiger partial charge in [-0.2, -0.15) is 0 Å². The summed E-state index contributed by atoms with van der Waals surface area (Å²) in [6.07, 6.45) is 2.14. The second-order valence-corrected chi connectivity index (χ2v) is 4.95. The molecule has 1 aliphatic rings. The van der Waals surface area contributed by atoms with Gasteiger partial charge in [0.05, 0.1) is 0 Å². The van der Waals surface area contributed by atoms with E-state index in [9.17, 15) is 27.9 Å².